The van der Waals surface area contributed by atoms with E-state index in [1.165, 1.54) is 32.4 Å². The van der Waals surface area contributed by atoms with Gasteiger partial charge in [0.1, 0.15) is 5.84 Å². The molecule has 2 atom stereocenters. The lowest BCUT2D eigenvalue weighted by atomic mass is 10.1. The molecule has 1 heterocycles. The first-order valence-electron chi connectivity index (χ1n) is 6.57. The summed E-state index contributed by atoms with van der Waals surface area (Å²) in [6, 6.07) is 0.565. The predicted molar refractivity (Wildman–Crippen MR) is 70.3 cm³/mol. The zero-order valence-electron chi connectivity index (χ0n) is 11.0. The molecule has 4 N–H and O–H groups in total. The van der Waals surface area contributed by atoms with Gasteiger partial charge in [0.2, 0.25) is 0 Å². The Morgan fingerprint density at radius 1 is 1.29 bits per heavy atom. The number of hydrogen-bond acceptors (Lipinski definition) is 4. The first-order chi connectivity index (χ1) is 8.15. The van der Waals surface area contributed by atoms with Gasteiger partial charge < -0.3 is 16.3 Å². The Labute approximate surface area is 104 Å². The Hall–Kier alpha value is -0.810. The van der Waals surface area contributed by atoms with Crippen LogP contribution in [0.25, 0.3) is 0 Å². The molecule has 0 aromatic heterocycles. The number of rotatable bonds is 6. The summed E-state index contributed by atoms with van der Waals surface area (Å²) in [6.45, 7) is 8.37. The van der Waals surface area contributed by atoms with E-state index in [0.717, 1.165) is 13.1 Å². The average molecular weight is 242 g/mol. The summed E-state index contributed by atoms with van der Waals surface area (Å²) in [5.41, 5.74) is 5.53. The van der Waals surface area contributed by atoms with Crippen molar-refractivity contribution in [1.82, 2.24) is 10.2 Å². The topological polar surface area (TPSA) is 73.9 Å². The Kier molecular flexibility index (Phi) is 6.29. The third-order valence-corrected chi connectivity index (χ3v) is 3.52. The second-order valence-electron chi connectivity index (χ2n) is 5.03. The van der Waals surface area contributed by atoms with Gasteiger partial charge in [-0.15, -0.1) is 0 Å². The summed E-state index contributed by atoms with van der Waals surface area (Å²) >= 11 is 0. The van der Waals surface area contributed by atoms with Crippen molar-refractivity contribution < 1.29 is 5.21 Å². The monoisotopic (exact) mass is 242 g/mol. The molecule has 17 heavy (non-hydrogen) atoms. The molecule has 1 rings (SSSR count). The van der Waals surface area contributed by atoms with Gasteiger partial charge in [-0.3, -0.25) is 4.90 Å². The van der Waals surface area contributed by atoms with Gasteiger partial charge in [-0.1, -0.05) is 18.5 Å². The van der Waals surface area contributed by atoms with Gasteiger partial charge in [0.05, 0.1) is 0 Å². The van der Waals surface area contributed by atoms with Crippen LogP contribution in [0.4, 0.5) is 0 Å². The molecule has 1 aliphatic rings. The normalized spacial score (nSPS) is 22.4. The highest BCUT2D eigenvalue weighted by Gasteiger charge is 2.16. The van der Waals surface area contributed by atoms with Gasteiger partial charge in [0.15, 0.2) is 0 Å². The van der Waals surface area contributed by atoms with Crippen molar-refractivity contribution in [1.29, 1.82) is 0 Å². The van der Waals surface area contributed by atoms with Crippen molar-refractivity contribution in [3.63, 3.8) is 0 Å². The molecule has 100 valence electrons. The van der Waals surface area contributed by atoms with Gasteiger partial charge in [0, 0.05) is 25.0 Å². The highest BCUT2D eigenvalue weighted by atomic mass is 16.4. The van der Waals surface area contributed by atoms with Crippen LogP contribution in [-0.2, 0) is 0 Å². The molecule has 0 saturated carbocycles. The molecule has 2 unspecified atom stereocenters. The molecule has 0 aliphatic carbocycles. The standard InChI is InChI=1S/C12H26N4O/c1-10(12(13)15-17)8-14-9-11(2)16-6-4-3-5-7-16/h10-11,14,17H,3-9H2,1-2H3,(H2,13,15). The number of nitrogens with two attached hydrogens (primary N) is 1. The fourth-order valence-corrected chi connectivity index (χ4v) is 2.20. The molecule has 5 heteroatoms. The van der Waals surface area contributed by atoms with Crippen LogP contribution in [0.2, 0.25) is 0 Å². The van der Waals surface area contributed by atoms with E-state index in [4.69, 9.17) is 10.9 Å². The number of amidine groups is 1. The maximum absolute atomic E-state index is 8.54. The number of likely N-dealkylation sites (tertiary alicyclic amines) is 1. The highest BCUT2D eigenvalue weighted by Crippen LogP contribution is 2.11. The molecule has 0 radical (unpaired) electrons. The zero-order chi connectivity index (χ0) is 12.7. The quantitative estimate of drug-likeness (QED) is 0.279. The van der Waals surface area contributed by atoms with E-state index in [1.54, 1.807) is 0 Å². The summed E-state index contributed by atoms with van der Waals surface area (Å²) in [7, 11) is 0. The van der Waals surface area contributed by atoms with Gasteiger partial charge >= 0.3 is 0 Å². The van der Waals surface area contributed by atoms with E-state index in [9.17, 15) is 0 Å². The van der Waals surface area contributed by atoms with Gasteiger partial charge in [-0.05, 0) is 32.9 Å². The first-order valence-corrected chi connectivity index (χ1v) is 6.57. The largest absolute Gasteiger partial charge is 0.409 e. The summed E-state index contributed by atoms with van der Waals surface area (Å²) in [5, 5.41) is 14.9. The maximum Gasteiger partial charge on any atom is 0.143 e. The summed E-state index contributed by atoms with van der Waals surface area (Å²) < 4.78 is 0. The Bertz CT molecular complexity index is 239. The molecule has 1 fully saturated rings. The highest BCUT2D eigenvalue weighted by molar-refractivity contribution is 5.82. The molecule has 1 aliphatic heterocycles. The van der Waals surface area contributed by atoms with E-state index in [0.29, 0.717) is 11.9 Å². The maximum atomic E-state index is 8.54. The molecule has 5 nitrogen and oxygen atoms in total. The van der Waals surface area contributed by atoms with Crippen molar-refractivity contribution >= 4 is 5.84 Å². The molecule has 0 aromatic rings. The van der Waals surface area contributed by atoms with Crippen LogP contribution in [0.5, 0.6) is 0 Å². The van der Waals surface area contributed by atoms with E-state index < -0.39 is 0 Å². The number of piperidine rings is 1. The van der Waals surface area contributed by atoms with Crippen LogP contribution in [0.15, 0.2) is 5.16 Å². The van der Waals surface area contributed by atoms with Crippen LogP contribution in [-0.4, -0.2) is 48.2 Å². The number of oxime groups is 1. The molecule has 1 saturated heterocycles. The number of nitrogens with one attached hydrogen (secondary N) is 1. The number of nitrogens with zero attached hydrogens (tertiary/aromatic N) is 2. The zero-order valence-corrected chi connectivity index (χ0v) is 11.0. The Morgan fingerprint density at radius 3 is 2.53 bits per heavy atom. The second kappa shape index (κ2) is 7.50. The molecule has 0 aromatic carbocycles. The smallest absolute Gasteiger partial charge is 0.143 e. The Balaban J connectivity index is 2.17. The van der Waals surface area contributed by atoms with Crippen molar-refractivity contribution in [3.8, 4) is 0 Å². The first kappa shape index (κ1) is 14.3. The van der Waals surface area contributed by atoms with Gasteiger partial charge in [-0.25, -0.2) is 0 Å². The molecule has 0 amide bonds. The predicted octanol–water partition coefficient (Wildman–Crippen LogP) is 0.833. The van der Waals surface area contributed by atoms with Crippen molar-refractivity contribution in [2.75, 3.05) is 26.2 Å². The van der Waals surface area contributed by atoms with Crippen LogP contribution >= 0.6 is 0 Å². The van der Waals surface area contributed by atoms with Gasteiger partial charge in [-0.2, -0.15) is 0 Å². The van der Waals surface area contributed by atoms with Crippen molar-refractivity contribution in [3.05, 3.63) is 0 Å². The summed E-state index contributed by atoms with van der Waals surface area (Å²) in [5.74, 6) is 0.372. The van der Waals surface area contributed by atoms with E-state index in [2.05, 4.69) is 22.3 Å². The summed E-state index contributed by atoms with van der Waals surface area (Å²) in [6.07, 6.45) is 4.02. The lowest BCUT2D eigenvalue weighted by molar-refractivity contribution is 0.170. The molecule has 0 spiro atoms. The van der Waals surface area contributed by atoms with Crippen LogP contribution in [0, 0.1) is 5.92 Å². The third-order valence-electron chi connectivity index (χ3n) is 3.52. The fourth-order valence-electron chi connectivity index (χ4n) is 2.20. The minimum atomic E-state index is 0.0774. The molecular formula is C12H26N4O. The second-order valence-corrected chi connectivity index (χ2v) is 5.03. The number of hydrogen-bond donors (Lipinski definition) is 3. The van der Waals surface area contributed by atoms with Crippen LogP contribution in [0.1, 0.15) is 33.1 Å². The lowest BCUT2D eigenvalue weighted by Crippen LogP contribution is -2.44. The minimum Gasteiger partial charge on any atom is -0.409 e. The molecule has 0 bridgehead atoms. The third kappa shape index (κ3) is 4.91. The average Bonchev–Trinajstić information content (AvgIpc) is 2.38. The molecular weight excluding hydrogens is 216 g/mol. The van der Waals surface area contributed by atoms with E-state index >= 15 is 0 Å². The fraction of sp³-hybridized carbons (Fsp3) is 0.917. The summed E-state index contributed by atoms with van der Waals surface area (Å²) in [4.78, 5) is 2.53. The van der Waals surface area contributed by atoms with E-state index in [1.807, 2.05) is 6.92 Å². The van der Waals surface area contributed by atoms with E-state index in [-0.39, 0.29) is 5.92 Å². The lowest BCUT2D eigenvalue weighted by Gasteiger charge is -2.32. The SMILES string of the molecule is CC(CNCC(C)N1CCCCC1)C(N)=NO. The minimum absolute atomic E-state index is 0.0774. The van der Waals surface area contributed by atoms with Crippen molar-refractivity contribution in [2.45, 2.75) is 39.2 Å². The van der Waals surface area contributed by atoms with Crippen molar-refractivity contribution in [2.24, 2.45) is 16.8 Å². The van der Waals surface area contributed by atoms with Gasteiger partial charge in [0.25, 0.3) is 0 Å². The van der Waals surface area contributed by atoms with Crippen LogP contribution < -0.4 is 11.1 Å². The van der Waals surface area contributed by atoms with Crippen LogP contribution in [0.3, 0.4) is 0 Å². The Morgan fingerprint density at radius 2 is 1.94 bits per heavy atom.